The van der Waals surface area contributed by atoms with E-state index in [1.54, 1.807) is 30.8 Å². The Labute approximate surface area is 81.8 Å². The number of hydrogen-bond donors (Lipinski definition) is 1. The molecule has 0 radical (unpaired) electrons. The summed E-state index contributed by atoms with van der Waals surface area (Å²) >= 11 is 1.56. The maximum atomic E-state index is 13.0. The Balaban J connectivity index is 2.94. The fourth-order valence-electron chi connectivity index (χ4n) is 0.944. The zero-order valence-corrected chi connectivity index (χ0v) is 8.33. The third-order valence-electron chi connectivity index (χ3n) is 1.65. The molecular weight excluding hydrogens is 185 g/mol. The molecule has 2 N–H and O–H groups in total. The standard InChI is InChI=1S/C10H12FNS/c1-3-4-13-10-5-7(2)8(11)6-9(10)12/h3,5-6H,1,4,12H2,2H3. The maximum absolute atomic E-state index is 13.0. The number of rotatable bonds is 3. The summed E-state index contributed by atoms with van der Waals surface area (Å²) in [6.07, 6.45) is 1.79. The van der Waals surface area contributed by atoms with Gasteiger partial charge in [0.2, 0.25) is 0 Å². The first kappa shape index (κ1) is 10.1. The fourth-order valence-corrected chi connectivity index (χ4v) is 1.73. The van der Waals surface area contributed by atoms with Crippen molar-refractivity contribution < 1.29 is 4.39 Å². The van der Waals surface area contributed by atoms with Crippen molar-refractivity contribution in [2.45, 2.75) is 11.8 Å². The largest absolute Gasteiger partial charge is 0.398 e. The number of anilines is 1. The lowest BCUT2D eigenvalue weighted by molar-refractivity contribution is 0.618. The van der Waals surface area contributed by atoms with Gasteiger partial charge in [-0.15, -0.1) is 18.3 Å². The monoisotopic (exact) mass is 197 g/mol. The summed E-state index contributed by atoms with van der Waals surface area (Å²) < 4.78 is 13.0. The minimum Gasteiger partial charge on any atom is -0.398 e. The summed E-state index contributed by atoms with van der Waals surface area (Å²) in [4.78, 5) is 0.916. The number of benzene rings is 1. The summed E-state index contributed by atoms with van der Waals surface area (Å²) in [5, 5.41) is 0. The molecule has 0 spiro atoms. The van der Waals surface area contributed by atoms with Crippen LogP contribution in [0.15, 0.2) is 29.7 Å². The quantitative estimate of drug-likeness (QED) is 0.458. The summed E-state index contributed by atoms with van der Waals surface area (Å²) in [5.41, 5.74) is 6.76. The highest BCUT2D eigenvalue weighted by atomic mass is 32.2. The molecule has 0 aliphatic rings. The average Bonchev–Trinajstić information content (AvgIpc) is 2.09. The van der Waals surface area contributed by atoms with E-state index in [4.69, 9.17) is 5.73 Å². The first-order chi connectivity index (χ1) is 6.15. The predicted molar refractivity (Wildman–Crippen MR) is 56.5 cm³/mol. The number of halogens is 1. The summed E-state index contributed by atoms with van der Waals surface area (Å²) in [5.74, 6) is 0.537. The molecule has 0 amide bonds. The van der Waals surface area contributed by atoms with Crippen molar-refractivity contribution in [3.05, 3.63) is 36.2 Å². The van der Waals surface area contributed by atoms with E-state index in [0.717, 1.165) is 10.6 Å². The minimum absolute atomic E-state index is 0.250. The van der Waals surface area contributed by atoms with Crippen LogP contribution in [0.3, 0.4) is 0 Å². The zero-order chi connectivity index (χ0) is 9.84. The van der Waals surface area contributed by atoms with Crippen LogP contribution in [0, 0.1) is 12.7 Å². The highest BCUT2D eigenvalue weighted by molar-refractivity contribution is 7.99. The van der Waals surface area contributed by atoms with Crippen molar-refractivity contribution in [1.82, 2.24) is 0 Å². The summed E-state index contributed by atoms with van der Waals surface area (Å²) in [6, 6.07) is 3.12. The lowest BCUT2D eigenvalue weighted by atomic mass is 10.2. The van der Waals surface area contributed by atoms with Gasteiger partial charge in [0.15, 0.2) is 0 Å². The van der Waals surface area contributed by atoms with Crippen LogP contribution in [0.2, 0.25) is 0 Å². The smallest absolute Gasteiger partial charge is 0.128 e. The van der Waals surface area contributed by atoms with E-state index in [0.29, 0.717) is 11.3 Å². The van der Waals surface area contributed by atoms with E-state index >= 15 is 0 Å². The Bertz CT molecular complexity index is 323. The van der Waals surface area contributed by atoms with Gasteiger partial charge in [-0.2, -0.15) is 0 Å². The van der Waals surface area contributed by atoms with Crippen LogP contribution in [0.5, 0.6) is 0 Å². The lowest BCUT2D eigenvalue weighted by Crippen LogP contribution is -1.92. The molecule has 0 fully saturated rings. The van der Waals surface area contributed by atoms with Gasteiger partial charge in [-0.3, -0.25) is 0 Å². The number of hydrogen-bond acceptors (Lipinski definition) is 2. The molecule has 1 rings (SSSR count). The van der Waals surface area contributed by atoms with Crippen molar-refractivity contribution >= 4 is 17.4 Å². The van der Waals surface area contributed by atoms with E-state index in [1.807, 2.05) is 0 Å². The van der Waals surface area contributed by atoms with E-state index in [1.165, 1.54) is 6.07 Å². The van der Waals surface area contributed by atoms with Crippen LogP contribution in [0.1, 0.15) is 5.56 Å². The Morgan fingerprint density at radius 2 is 2.31 bits per heavy atom. The highest BCUT2D eigenvalue weighted by Gasteiger charge is 2.03. The number of nitrogens with two attached hydrogens (primary N) is 1. The molecule has 0 heterocycles. The van der Waals surface area contributed by atoms with Crippen LogP contribution < -0.4 is 5.73 Å². The summed E-state index contributed by atoms with van der Waals surface area (Å²) in [7, 11) is 0. The van der Waals surface area contributed by atoms with Gasteiger partial charge in [0.1, 0.15) is 5.82 Å². The van der Waals surface area contributed by atoms with Gasteiger partial charge in [-0.05, 0) is 24.6 Å². The van der Waals surface area contributed by atoms with Crippen molar-refractivity contribution in [3.8, 4) is 0 Å². The molecule has 0 bridgehead atoms. The van der Waals surface area contributed by atoms with Gasteiger partial charge >= 0.3 is 0 Å². The Kier molecular flexibility index (Phi) is 3.37. The second-order valence-corrected chi connectivity index (χ2v) is 3.80. The molecule has 0 saturated carbocycles. The molecule has 0 saturated heterocycles. The normalized spacial score (nSPS) is 10.0. The molecule has 1 aromatic carbocycles. The third kappa shape index (κ3) is 2.49. The molecule has 3 heteroatoms. The SMILES string of the molecule is C=CCSc1cc(C)c(F)cc1N. The molecule has 0 aliphatic carbocycles. The van der Waals surface area contributed by atoms with Gasteiger partial charge in [-0.25, -0.2) is 4.39 Å². The van der Waals surface area contributed by atoms with Crippen molar-refractivity contribution in [2.24, 2.45) is 0 Å². The number of aryl methyl sites for hydroxylation is 1. The third-order valence-corrected chi connectivity index (χ3v) is 2.71. The van der Waals surface area contributed by atoms with Gasteiger partial charge in [0.05, 0.1) is 0 Å². The highest BCUT2D eigenvalue weighted by Crippen LogP contribution is 2.27. The van der Waals surface area contributed by atoms with Crippen molar-refractivity contribution in [2.75, 3.05) is 11.5 Å². The molecule has 0 aromatic heterocycles. The fraction of sp³-hybridized carbons (Fsp3) is 0.200. The second kappa shape index (κ2) is 4.33. The molecule has 0 unspecified atom stereocenters. The maximum Gasteiger partial charge on any atom is 0.128 e. The van der Waals surface area contributed by atoms with E-state index < -0.39 is 0 Å². The molecule has 0 atom stereocenters. The van der Waals surface area contributed by atoms with Gasteiger partial charge in [0, 0.05) is 16.3 Å². The van der Waals surface area contributed by atoms with Gasteiger partial charge < -0.3 is 5.73 Å². The molecule has 1 nitrogen and oxygen atoms in total. The Hall–Kier alpha value is -0.960. The minimum atomic E-state index is -0.250. The topological polar surface area (TPSA) is 26.0 Å². The Morgan fingerprint density at radius 3 is 2.92 bits per heavy atom. The molecule has 0 aliphatic heterocycles. The van der Waals surface area contributed by atoms with Gasteiger partial charge in [0.25, 0.3) is 0 Å². The van der Waals surface area contributed by atoms with Crippen molar-refractivity contribution in [3.63, 3.8) is 0 Å². The van der Waals surface area contributed by atoms with Crippen molar-refractivity contribution in [1.29, 1.82) is 0 Å². The van der Waals surface area contributed by atoms with Crippen LogP contribution in [0.25, 0.3) is 0 Å². The van der Waals surface area contributed by atoms with Crippen LogP contribution >= 0.6 is 11.8 Å². The number of thioether (sulfide) groups is 1. The van der Waals surface area contributed by atoms with Crippen LogP contribution in [0.4, 0.5) is 10.1 Å². The van der Waals surface area contributed by atoms with E-state index in [9.17, 15) is 4.39 Å². The molecule has 13 heavy (non-hydrogen) atoms. The lowest BCUT2D eigenvalue weighted by Gasteiger charge is -2.05. The second-order valence-electron chi connectivity index (χ2n) is 2.74. The van der Waals surface area contributed by atoms with E-state index in [2.05, 4.69) is 6.58 Å². The first-order valence-electron chi connectivity index (χ1n) is 3.94. The average molecular weight is 197 g/mol. The zero-order valence-electron chi connectivity index (χ0n) is 7.51. The van der Waals surface area contributed by atoms with E-state index in [-0.39, 0.29) is 5.82 Å². The predicted octanol–water partition coefficient (Wildman–Crippen LogP) is 2.99. The van der Waals surface area contributed by atoms with Crippen LogP contribution in [-0.4, -0.2) is 5.75 Å². The Morgan fingerprint density at radius 1 is 1.62 bits per heavy atom. The van der Waals surface area contributed by atoms with Gasteiger partial charge in [-0.1, -0.05) is 6.08 Å². The van der Waals surface area contributed by atoms with Crippen LogP contribution in [-0.2, 0) is 0 Å². The summed E-state index contributed by atoms with van der Waals surface area (Å²) in [6.45, 7) is 5.34. The molecular formula is C10H12FNS. The number of nitrogen functional groups attached to an aromatic ring is 1. The molecule has 70 valence electrons. The first-order valence-corrected chi connectivity index (χ1v) is 4.93. The molecule has 1 aromatic rings.